The van der Waals surface area contributed by atoms with E-state index >= 15 is 0 Å². The summed E-state index contributed by atoms with van der Waals surface area (Å²) in [5.74, 6) is -0.486. The van der Waals surface area contributed by atoms with Crippen LogP contribution < -0.4 is 9.29 Å². The van der Waals surface area contributed by atoms with Crippen molar-refractivity contribution in [3.05, 3.63) is 29.8 Å². The van der Waals surface area contributed by atoms with Crippen molar-refractivity contribution >= 4 is 37.5 Å². The van der Waals surface area contributed by atoms with Gasteiger partial charge in [0.1, 0.15) is 4.70 Å². The quantitative estimate of drug-likeness (QED) is 0.839. The fourth-order valence-corrected chi connectivity index (χ4v) is 3.06. The number of aromatic nitrogens is 1. The summed E-state index contributed by atoms with van der Waals surface area (Å²) in [5, 5.41) is 0. The van der Waals surface area contributed by atoms with Crippen LogP contribution in [-0.4, -0.2) is 20.6 Å². The van der Waals surface area contributed by atoms with E-state index in [2.05, 4.69) is 0 Å². The summed E-state index contributed by atoms with van der Waals surface area (Å²) < 4.78 is 26.8. The van der Waals surface area contributed by atoms with Crippen LogP contribution in [-0.2, 0) is 21.4 Å². The lowest BCUT2D eigenvalue weighted by Crippen LogP contribution is -2.37. The van der Waals surface area contributed by atoms with Crippen molar-refractivity contribution in [2.24, 2.45) is 0 Å². The Morgan fingerprint density at radius 1 is 1.39 bits per heavy atom. The molecule has 7 heteroatoms. The van der Waals surface area contributed by atoms with Gasteiger partial charge in [0.05, 0.1) is 12.7 Å². The fraction of sp³-hybridized carbons (Fsp3) is 0.273. The Balaban J connectivity index is 2.05. The molecule has 2 rings (SSSR count). The van der Waals surface area contributed by atoms with Gasteiger partial charge in [0.15, 0.2) is 6.54 Å². The second-order valence-electron chi connectivity index (χ2n) is 3.93. The van der Waals surface area contributed by atoms with E-state index in [1.54, 1.807) is 11.3 Å². The Morgan fingerprint density at radius 2 is 2.11 bits per heavy atom. The van der Waals surface area contributed by atoms with Gasteiger partial charge in [-0.1, -0.05) is 23.5 Å². The van der Waals surface area contributed by atoms with Gasteiger partial charge in [0.25, 0.3) is 0 Å². The lowest BCUT2D eigenvalue weighted by molar-refractivity contribution is -0.665. The molecule has 96 valence electrons. The lowest BCUT2D eigenvalue weighted by Gasteiger charge is -1.99. The van der Waals surface area contributed by atoms with Crippen molar-refractivity contribution in [1.82, 2.24) is 4.72 Å². The topological polar surface area (TPSA) is 67.1 Å². The SMILES string of the molecule is CS(=O)(=O)NC(=O)CC[n+]1csc2ccccc21. The number of fused-ring (bicyclic) bond motifs is 1. The molecular formula is C11H13N2O3S2+. The Hall–Kier alpha value is -1.47. The second-order valence-corrected chi connectivity index (χ2v) is 6.57. The first kappa shape index (κ1) is 13.0. The normalized spacial score (nSPS) is 11.6. The Kier molecular flexibility index (Phi) is 3.63. The van der Waals surface area contributed by atoms with Gasteiger partial charge >= 0.3 is 0 Å². The Labute approximate surface area is 109 Å². The maximum absolute atomic E-state index is 11.4. The minimum absolute atomic E-state index is 0.137. The number of hydrogen-bond donors (Lipinski definition) is 1. The predicted octanol–water partition coefficient (Wildman–Crippen LogP) is 0.655. The molecule has 1 aromatic heterocycles. The summed E-state index contributed by atoms with van der Waals surface area (Å²) in [4.78, 5) is 11.4. The molecule has 1 aromatic carbocycles. The molecule has 0 radical (unpaired) electrons. The van der Waals surface area contributed by atoms with Crippen LogP contribution in [0.5, 0.6) is 0 Å². The van der Waals surface area contributed by atoms with E-state index in [0.717, 1.165) is 16.5 Å². The summed E-state index contributed by atoms with van der Waals surface area (Å²) in [6.07, 6.45) is 1.11. The van der Waals surface area contributed by atoms with Gasteiger partial charge < -0.3 is 0 Å². The zero-order chi connectivity index (χ0) is 13.2. The molecule has 0 aliphatic heterocycles. The van der Waals surface area contributed by atoms with Crippen LogP contribution >= 0.6 is 11.3 Å². The summed E-state index contributed by atoms with van der Waals surface area (Å²) in [6, 6.07) is 7.87. The third kappa shape index (κ3) is 3.27. The smallest absolute Gasteiger partial charge is 0.239 e. The van der Waals surface area contributed by atoms with E-state index in [9.17, 15) is 13.2 Å². The molecule has 0 unspecified atom stereocenters. The van der Waals surface area contributed by atoms with E-state index in [-0.39, 0.29) is 6.42 Å². The van der Waals surface area contributed by atoms with E-state index < -0.39 is 15.9 Å². The molecule has 0 aliphatic carbocycles. The molecule has 1 amide bonds. The number of hydrogen-bond acceptors (Lipinski definition) is 4. The van der Waals surface area contributed by atoms with Crippen molar-refractivity contribution in [1.29, 1.82) is 0 Å². The van der Waals surface area contributed by atoms with Crippen LogP contribution in [0.1, 0.15) is 6.42 Å². The molecule has 18 heavy (non-hydrogen) atoms. The van der Waals surface area contributed by atoms with Gasteiger partial charge in [0.2, 0.25) is 27.0 Å². The highest BCUT2D eigenvalue weighted by atomic mass is 32.2. The van der Waals surface area contributed by atoms with Gasteiger partial charge in [-0.05, 0) is 6.07 Å². The van der Waals surface area contributed by atoms with Gasteiger partial charge in [-0.3, -0.25) is 9.52 Å². The Morgan fingerprint density at radius 3 is 2.83 bits per heavy atom. The van der Waals surface area contributed by atoms with Gasteiger partial charge in [-0.15, -0.1) is 0 Å². The van der Waals surface area contributed by atoms with Crippen LogP contribution in [0.4, 0.5) is 0 Å². The number of nitrogens with one attached hydrogen (secondary N) is 1. The number of amides is 1. The van der Waals surface area contributed by atoms with Gasteiger partial charge in [0, 0.05) is 6.07 Å². The zero-order valence-electron chi connectivity index (χ0n) is 9.79. The number of carbonyl (C=O) groups excluding carboxylic acids is 1. The molecule has 1 N–H and O–H groups in total. The molecular weight excluding hydrogens is 272 g/mol. The van der Waals surface area contributed by atoms with Crippen LogP contribution in [0.3, 0.4) is 0 Å². The number of thiazole rings is 1. The van der Waals surface area contributed by atoms with E-state index in [4.69, 9.17) is 0 Å². The number of benzene rings is 1. The van der Waals surface area contributed by atoms with Crippen LogP contribution in [0, 0.1) is 0 Å². The third-order valence-electron chi connectivity index (χ3n) is 2.36. The van der Waals surface area contributed by atoms with E-state index in [1.807, 2.05) is 39.1 Å². The van der Waals surface area contributed by atoms with Gasteiger partial charge in [-0.2, -0.15) is 4.57 Å². The Bertz CT molecular complexity index is 676. The maximum atomic E-state index is 11.4. The van der Waals surface area contributed by atoms with Crippen LogP contribution in [0.25, 0.3) is 10.2 Å². The minimum Gasteiger partial charge on any atom is -0.274 e. The predicted molar refractivity (Wildman–Crippen MR) is 69.6 cm³/mol. The number of carbonyl (C=O) groups is 1. The number of sulfonamides is 1. The first-order valence-corrected chi connectivity index (χ1v) is 8.09. The molecule has 0 atom stereocenters. The van der Waals surface area contributed by atoms with E-state index in [1.165, 1.54) is 0 Å². The highest BCUT2D eigenvalue weighted by Crippen LogP contribution is 2.14. The summed E-state index contributed by atoms with van der Waals surface area (Å²) in [6.45, 7) is 0.464. The van der Waals surface area contributed by atoms with Crippen LogP contribution in [0.2, 0.25) is 0 Å². The average Bonchev–Trinajstić information content (AvgIpc) is 2.67. The number of para-hydroxylation sites is 1. The first-order valence-electron chi connectivity index (χ1n) is 5.32. The summed E-state index contributed by atoms with van der Waals surface area (Å²) >= 11 is 1.59. The van der Waals surface area contributed by atoms with Crippen molar-refractivity contribution in [2.75, 3.05) is 6.26 Å². The molecule has 0 aliphatic rings. The maximum Gasteiger partial charge on any atom is 0.239 e. The number of nitrogens with zero attached hydrogens (tertiary/aromatic N) is 1. The third-order valence-corrected chi connectivity index (χ3v) is 3.92. The standard InChI is InChI=1S/C11H12N2O3S2/c1-18(15,16)12-11(14)6-7-13-8-17-10-5-3-2-4-9(10)13/h2-5,8H,6-7H2,1H3/p+1. The van der Waals surface area contributed by atoms with Crippen LogP contribution in [0.15, 0.2) is 29.8 Å². The largest absolute Gasteiger partial charge is 0.274 e. The molecule has 5 nitrogen and oxygen atoms in total. The number of aryl methyl sites for hydroxylation is 1. The molecule has 0 saturated heterocycles. The van der Waals surface area contributed by atoms with Crippen molar-refractivity contribution in [3.8, 4) is 0 Å². The second kappa shape index (κ2) is 5.03. The van der Waals surface area contributed by atoms with Crippen molar-refractivity contribution in [2.45, 2.75) is 13.0 Å². The highest BCUT2D eigenvalue weighted by molar-refractivity contribution is 7.89. The van der Waals surface area contributed by atoms with E-state index in [0.29, 0.717) is 6.54 Å². The minimum atomic E-state index is -3.46. The zero-order valence-corrected chi connectivity index (χ0v) is 11.4. The lowest BCUT2D eigenvalue weighted by atomic mass is 10.3. The highest BCUT2D eigenvalue weighted by Gasteiger charge is 2.14. The number of rotatable bonds is 4. The average molecular weight is 285 g/mol. The molecule has 2 aromatic rings. The molecule has 0 bridgehead atoms. The van der Waals surface area contributed by atoms with Crippen molar-refractivity contribution < 1.29 is 17.8 Å². The fourth-order valence-electron chi connectivity index (χ4n) is 1.62. The molecule has 1 heterocycles. The van der Waals surface area contributed by atoms with Crippen molar-refractivity contribution in [3.63, 3.8) is 0 Å². The monoisotopic (exact) mass is 285 g/mol. The first-order chi connectivity index (χ1) is 8.46. The summed E-state index contributed by atoms with van der Waals surface area (Å²) in [5.41, 5.74) is 2.98. The van der Waals surface area contributed by atoms with Gasteiger partial charge in [-0.25, -0.2) is 8.42 Å². The molecule has 0 saturated carbocycles. The summed E-state index contributed by atoms with van der Waals surface area (Å²) in [7, 11) is -3.46. The molecule has 0 spiro atoms. The molecule has 0 fully saturated rings.